The van der Waals surface area contributed by atoms with Crippen molar-refractivity contribution in [2.45, 2.75) is 77.4 Å². The topological polar surface area (TPSA) is 77.2 Å². The van der Waals surface area contributed by atoms with Gasteiger partial charge in [0.25, 0.3) is 0 Å². The van der Waals surface area contributed by atoms with Crippen molar-refractivity contribution < 1.29 is 14.6 Å². The van der Waals surface area contributed by atoms with Crippen LogP contribution in [0.4, 0.5) is 0 Å². The number of aliphatic hydroxyl groups excluding tert-OH is 1. The molecule has 8 unspecified atom stereocenters. The lowest BCUT2D eigenvalue weighted by Gasteiger charge is -2.61. The Kier molecular flexibility index (Phi) is 5.29. The van der Waals surface area contributed by atoms with Gasteiger partial charge in [0.1, 0.15) is 6.54 Å². The molecule has 4 aliphatic carbocycles. The zero-order chi connectivity index (χ0) is 20.9. The molecular formula is C24H37N3O3. The summed E-state index contributed by atoms with van der Waals surface area (Å²) in [5.74, 6) is 3.07. The van der Waals surface area contributed by atoms with Gasteiger partial charge in [-0.15, -0.1) is 0 Å². The largest absolute Gasteiger partial charge is 0.393 e. The fourth-order valence-corrected chi connectivity index (χ4v) is 8.68. The standard InChI is InChI=1S/C24H37N3O3/c1-23-9-8-20-18(4-3-16-13-17(28)7-10-24(16,20)15-30-2)19(23)5-6-21(23)22(29)14-27-25-11-12-26-27/h11-12,16-21,28H,3-10,13-15H2,1-2H3. The van der Waals surface area contributed by atoms with Crippen LogP contribution in [0.15, 0.2) is 12.4 Å². The molecule has 6 nitrogen and oxygen atoms in total. The molecule has 0 saturated heterocycles. The van der Waals surface area contributed by atoms with Gasteiger partial charge in [-0.1, -0.05) is 6.92 Å². The van der Waals surface area contributed by atoms with E-state index in [2.05, 4.69) is 17.1 Å². The van der Waals surface area contributed by atoms with E-state index in [4.69, 9.17) is 4.74 Å². The van der Waals surface area contributed by atoms with E-state index < -0.39 is 0 Å². The number of nitrogens with zero attached hydrogens (tertiary/aromatic N) is 3. The molecule has 1 aromatic heterocycles. The monoisotopic (exact) mass is 415 g/mol. The number of hydrogen-bond acceptors (Lipinski definition) is 5. The van der Waals surface area contributed by atoms with Gasteiger partial charge in [0.2, 0.25) is 0 Å². The van der Waals surface area contributed by atoms with Crippen LogP contribution < -0.4 is 0 Å². The van der Waals surface area contributed by atoms with Crippen LogP contribution in [0.1, 0.15) is 64.7 Å². The van der Waals surface area contributed by atoms with Crippen LogP contribution in [0.2, 0.25) is 0 Å². The molecule has 4 saturated carbocycles. The summed E-state index contributed by atoms with van der Waals surface area (Å²) in [6.07, 6.45) is 13.1. The minimum Gasteiger partial charge on any atom is -0.393 e. The molecule has 1 heterocycles. The van der Waals surface area contributed by atoms with Gasteiger partial charge in [0, 0.05) is 13.0 Å². The van der Waals surface area contributed by atoms with Gasteiger partial charge in [-0.3, -0.25) is 4.79 Å². The van der Waals surface area contributed by atoms with Gasteiger partial charge in [-0.2, -0.15) is 15.0 Å². The van der Waals surface area contributed by atoms with E-state index >= 15 is 0 Å². The van der Waals surface area contributed by atoms with Crippen molar-refractivity contribution in [1.82, 2.24) is 15.0 Å². The van der Waals surface area contributed by atoms with Gasteiger partial charge in [-0.05, 0) is 92.3 Å². The Balaban J connectivity index is 1.38. The number of aromatic nitrogens is 3. The Morgan fingerprint density at radius 3 is 2.67 bits per heavy atom. The van der Waals surface area contributed by atoms with Crippen molar-refractivity contribution >= 4 is 5.78 Å². The number of ketones is 1. The third-order valence-electron chi connectivity index (χ3n) is 9.90. The van der Waals surface area contributed by atoms with Crippen LogP contribution in [0, 0.1) is 40.4 Å². The fraction of sp³-hybridized carbons (Fsp3) is 0.875. The highest BCUT2D eigenvalue weighted by Crippen LogP contribution is 2.67. The predicted molar refractivity (Wildman–Crippen MR) is 112 cm³/mol. The molecule has 0 radical (unpaired) electrons. The van der Waals surface area contributed by atoms with Gasteiger partial charge < -0.3 is 9.84 Å². The van der Waals surface area contributed by atoms with E-state index in [9.17, 15) is 9.90 Å². The molecule has 30 heavy (non-hydrogen) atoms. The number of ether oxygens (including phenoxy) is 1. The average Bonchev–Trinajstić information content (AvgIpc) is 3.35. The minimum absolute atomic E-state index is 0.112. The second-order valence-corrected chi connectivity index (χ2v) is 10.9. The van der Waals surface area contributed by atoms with Crippen molar-refractivity contribution in [2.75, 3.05) is 13.7 Å². The molecule has 8 atom stereocenters. The number of hydrogen-bond donors (Lipinski definition) is 1. The summed E-state index contributed by atoms with van der Waals surface area (Å²) < 4.78 is 5.83. The second-order valence-electron chi connectivity index (χ2n) is 10.9. The Labute approximate surface area is 179 Å². The van der Waals surface area contributed by atoms with Crippen molar-refractivity contribution in [1.29, 1.82) is 0 Å². The van der Waals surface area contributed by atoms with Crippen LogP contribution in [0.5, 0.6) is 0 Å². The van der Waals surface area contributed by atoms with Crippen LogP contribution in [-0.4, -0.2) is 45.7 Å². The molecule has 1 aromatic rings. The summed E-state index contributed by atoms with van der Waals surface area (Å²) in [7, 11) is 1.85. The molecule has 4 aliphatic rings. The third kappa shape index (κ3) is 3.09. The maximum atomic E-state index is 13.2. The number of methoxy groups -OCH3 is 1. The lowest BCUT2D eigenvalue weighted by atomic mass is 9.44. The summed E-state index contributed by atoms with van der Waals surface area (Å²) in [6.45, 7) is 3.55. The molecule has 5 rings (SSSR count). The fourth-order valence-electron chi connectivity index (χ4n) is 8.68. The molecule has 1 N–H and O–H groups in total. The zero-order valence-electron chi connectivity index (χ0n) is 18.5. The minimum atomic E-state index is -0.130. The van der Waals surface area contributed by atoms with E-state index in [0.29, 0.717) is 36.0 Å². The Hall–Kier alpha value is -1.27. The van der Waals surface area contributed by atoms with E-state index in [-0.39, 0.29) is 22.9 Å². The van der Waals surface area contributed by atoms with Gasteiger partial charge >= 0.3 is 0 Å². The molecule has 0 spiro atoms. The molecule has 0 bridgehead atoms. The van der Waals surface area contributed by atoms with Crippen molar-refractivity contribution in [3.05, 3.63) is 12.4 Å². The van der Waals surface area contributed by atoms with Gasteiger partial charge in [0.05, 0.1) is 25.1 Å². The summed E-state index contributed by atoms with van der Waals surface area (Å²) in [5.41, 5.74) is 0.347. The van der Waals surface area contributed by atoms with Crippen molar-refractivity contribution in [2.24, 2.45) is 40.4 Å². The molecule has 0 aliphatic heterocycles. The van der Waals surface area contributed by atoms with Crippen LogP contribution in [0.25, 0.3) is 0 Å². The maximum absolute atomic E-state index is 13.2. The lowest BCUT2D eigenvalue weighted by molar-refractivity contribution is -0.161. The van der Waals surface area contributed by atoms with Crippen LogP contribution in [0.3, 0.4) is 0 Å². The van der Waals surface area contributed by atoms with E-state index in [1.54, 1.807) is 12.4 Å². The second kappa shape index (κ2) is 7.70. The number of fused-ring (bicyclic) bond motifs is 5. The third-order valence-corrected chi connectivity index (χ3v) is 9.90. The SMILES string of the molecule is COCC12CCC(O)CC1CCC1C3CCC(C(=O)Cn4nccn4)C3(C)CCC12. The first-order chi connectivity index (χ1) is 14.5. The van der Waals surface area contributed by atoms with Crippen LogP contribution >= 0.6 is 0 Å². The quantitative estimate of drug-likeness (QED) is 0.796. The van der Waals surface area contributed by atoms with Gasteiger partial charge in [0.15, 0.2) is 5.78 Å². The Morgan fingerprint density at radius 2 is 1.90 bits per heavy atom. The Morgan fingerprint density at radius 1 is 1.10 bits per heavy atom. The molecule has 4 fully saturated rings. The molecule has 6 heteroatoms. The number of aliphatic hydroxyl groups is 1. The maximum Gasteiger partial charge on any atom is 0.159 e. The van der Waals surface area contributed by atoms with Crippen molar-refractivity contribution in [3.63, 3.8) is 0 Å². The predicted octanol–water partition coefficient (Wildman–Crippen LogP) is 3.49. The molecular weight excluding hydrogens is 378 g/mol. The zero-order valence-corrected chi connectivity index (χ0v) is 18.5. The number of rotatable bonds is 5. The summed E-state index contributed by atoms with van der Waals surface area (Å²) in [6, 6.07) is 0. The van der Waals surface area contributed by atoms with Crippen molar-refractivity contribution in [3.8, 4) is 0 Å². The average molecular weight is 416 g/mol. The molecule has 166 valence electrons. The highest BCUT2D eigenvalue weighted by Gasteiger charge is 2.62. The normalized spacial score (nSPS) is 45.4. The number of carbonyl (C=O) groups is 1. The lowest BCUT2D eigenvalue weighted by Crippen LogP contribution is -2.57. The van der Waals surface area contributed by atoms with E-state index in [1.165, 1.54) is 30.5 Å². The van der Waals surface area contributed by atoms with Gasteiger partial charge in [-0.25, -0.2) is 0 Å². The summed E-state index contributed by atoms with van der Waals surface area (Å²) in [4.78, 5) is 14.8. The van der Waals surface area contributed by atoms with Crippen LogP contribution in [-0.2, 0) is 16.1 Å². The first-order valence-corrected chi connectivity index (χ1v) is 12.0. The first-order valence-electron chi connectivity index (χ1n) is 12.0. The molecule has 0 amide bonds. The highest BCUT2D eigenvalue weighted by molar-refractivity contribution is 5.81. The van der Waals surface area contributed by atoms with E-state index in [0.717, 1.165) is 38.7 Å². The summed E-state index contributed by atoms with van der Waals surface area (Å²) in [5, 5.41) is 18.6. The molecule has 0 aromatic carbocycles. The first kappa shape index (κ1) is 20.6. The number of Topliss-reactive ketones (excluding diaryl/α,β-unsaturated/α-hetero) is 1. The Bertz CT molecular complexity index is 768. The number of carbonyl (C=O) groups excluding carboxylic acids is 1. The highest BCUT2D eigenvalue weighted by atomic mass is 16.5. The summed E-state index contributed by atoms with van der Waals surface area (Å²) >= 11 is 0. The van der Waals surface area contributed by atoms with E-state index in [1.807, 2.05) is 7.11 Å². The smallest absolute Gasteiger partial charge is 0.159 e.